The van der Waals surface area contributed by atoms with Crippen molar-refractivity contribution in [2.24, 2.45) is 0 Å². The monoisotopic (exact) mass is 114 g/mol. The van der Waals surface area contributed by atoms with Crippen molar-refractivity contribution in [2.45, 2.75) is 0 Å². The van der Waals surface area contributed by atoms with Crippen LogP contribution in [0.3, 0.4) is 0 Å². The van der Waals surface area contributed by atoms with Crippen molar-refractivity contribution in [3.63, 3.8) is 0 Å². The largest absolute Gasteiger partial charge is 0.290 e. The maximum atomic E-state index is 11.1. The summed E-state index contributed by atoms with van der Waals surface area (Å²) < 4.78 is 15.0. The molecule has 0 aliphatic heterocycles. The Morgan fingerprint density at radius 1 is 2.00 bits per heavy atom. The molecule has 4 heteroatoms. The van der Waals surface area contributed by atoms with E-state index in [1.807, 2.05) is 0 Å². The SMILES string of the molecule is COS(F)=S. The molecule has 0 N–H and O–H groups in total. The molecule has 32 valence electrons. The third-order valence-electron chi connectivity index (χ3n) is 0.131. The zero-order valence-electron chi connectivity index (χ0n) is 2.60. The van der Waals surface area contributed by atoms with E-state index in [0.29, 0.717) is 0 Å². The second-order valence-corrected chi connectivity index (χ2v) is 1.87. The first-order valence-corrected chi connectivity index (χ1v) is 2.87. The Morgan fingerprint density at radius 2 is 2.20 bits per heavy atom. The van der Waals surface area contributed by atoms with Crippen LogP contribution in [-0.2, 0) is 25.5 Å². The third-order valence-corrected chi connectivity index (χ3v) is 0.801. The molecular formula is CH3FOS2. The molecule has 0 fully saturated rings. The van der Waals surface area contributed by atoms with E-state index in [4.69, 9.17) is 0 Å². The summed E-state index contributed by atoms with van der Waals surface area (Å²) >= 11 is 3.92. The van der Waals surface area contributed by atoms with Crippen LogP contribution in [0.1, 0.15) is 0 Å². The van der Waals surface area contributed by atoms with E-state index in [1.54, 1.807) is 0 Å². The van der Waals surface area contributed by atoms with Gasteiger partial charge in [-0.05, 0) is 0 Å². The van der Waals surface area contributed by atoms with Crippen LogP contribution in [0.5, 0.6) is 0 Å². The highest BCUT2D eigenvalue weighted by Crippen LogP contribution is 1.77. The highest BCUT2D eigenvalue weighted by atomic mass is 32.8. The van der Waals surface area contributed by atoms with Gasteiger partial charge in [0.25, 0.3) is 0 Å². The lowest BCUT2D eigenvalue weighted by molar-refractivity contribution is 0.460. The maximum absolute atomic E-state index is 11.1. The molecule has 0 aliphatic carbocycles. The Morgan fingerprint density at radius 3 is 2.20 bits per heavy atom. The molecule has 0 aromatic rings. The first-order chi connectivity index (χ1) is 2.27. The average molecular weight is 114 g/mol. The minimum atomic E-state index is -1.74. The lowest BCUT2D eigenvalue weighted by Crippen LogP contribution is -1.74. The molecule has 0 heterocycles. The fourth-order valence-corrected chi connectivity index (χ4v) is 0. The Hall–Kier alpha value is 0.460. The highest BCUT2D eigenvalue weighted by Gasteiger charge is 1.73. The van der Waals surface area contributed by atoms with Crippen molar-refractivity contribution in [3.8, 4) is 0 Å². The molecule has 1 nitrogen and oxygen atoms in total. The Kier molecular flexibility index (Phi) is 2.93. The number of hydrogen-bond acceptors (Lipinski definition) is 2. The average Bonchev–Trinajstić information content (AvgIpc) is 1.38. The van der Waals surface area contributed by atoms with Gasteiger partial charge in [-0.2, -0.15) is 0 Å². The van der Waals surface area contributed by atoms with Gasteiger partial charge in [-0.25, -0.2) is 0 Å². The van der Waals surface area contributed by atoms with E-state index in [2.05, 4.69) is 15.4 Å². The van der Waals surface area contributed by atoms with Crippen LogP contribution in [0.15, 0.2) is 0 Å². The van der Waals surface area contributed by atoms with Gasteiger partial charge < -0.3 is 0 Å². The van der Waals surface area contributed by atoms with Crippen LogP contribution >= 0.6 is 0 Å². The van der Waals surface area contributed by atoms with Crippen molar-refractivity contribution < 1.29 is 8.07 Å². The smallest absolute Gasteiger partial charge is 0.193 e. The molecule has 0 aromatic heterocycles. The number of rotatable bonds is 1. The summed E-state index contributed by atoms with van der Waals surface area (Å²) in [4.78, 5) is 0. The van der Waals surface area contributed by atoms with Crippen molar-refractivity contribution in [1.29, 1.82) is 0 Å². The molecule has 5 heavy (non-hydrogen) atoms. The van der Waals surface area contributed by atoms with E-state index in [-0.39, 0.29) is 0 Å². The Bertz CT molecular complexity index is 44.9. The predicted molar refractivity (Wildman–Crippen MR) is 22.8 cm³/mol. The Balaban J connectivity index is 2.85. The summed E-state index contributed by atoms with van der Waals surface area (Å²) in [6.07, 6.45) is 0. The van der Waals surface area contributed by atoms with Gasteiger partial charge in [0.2, 0.25) is 0 Å². The molecule has 0 spiro atoms. The number of halogens is 1. The molecule has 0 saturated carbocycles. The maximum Gasteiger partial charge on any atom is 0.193 e. The van der Waals surface area contributed by atoms with Gasteiger partial charge in [-0.1, -0.05) is 0 Å². The first-order valence-electron chi connectivity index (χ1n) is 0.896. The molecule has 0 aromatic carbocycles. The van der Waals surface area contributed by atoms with Gasteiger partial charge in [-0.3, -0.25) is 4.18 Å². The first kappa shape index (κ1) is 5.46. The third kappa shape index (κ3) is 4.46. The molecule has 0 bridgehead atoms. The second kappa shape index (κ2) is 2.68. The second-order valence-electron chi connectivity index (χ2n) is 0.361. The van der Waals surface area contributed by atoms with Gasteiger partial charge >= 0.3 is 0 Å². The summed E-state index contributed by atoms with van der Waals surface area (Å²) in [5.41, 5.74) is 0. The standard InChI is InChI=1S/CH3FOS2/c1-3-5(2)4/h1H3. The minimum absolute atomic E-state index is 1.23. The van der Waals surface area contributed by atoms with E-state index in [0.717, 1.165) is 0 Å². The molecule has 0 aliphatic rings. The molecule has 0 amide bonds. The van der Waals surface area contributed by atoms with Crippen molar-refractivity contribution in [2.75, 3.05) is 7.11 Å². The lowest BCUT2D eigenvalue weighted by Gasteiger charge is -1.77. The van der Waals surface area contributed by atoms with E-state index in [1.165, 1.54) is 7.11 Å². The summed E-state index contributed by atoms with van der Waals surface area (Å²) in [6, 6.07) is 0. The zero-order valence-corrected chi connectivity index (χ0v) is 4.24. The van der Waals surface area contributed by atoms with Gasteiger partial charge in [0.05, 0.1) is 7.11 Å². The van der Waals surface area contributed by atoms with Crippen LogP contribution in [-0.4, -0.2) is 7.11 Å². The fraction of sp³-hybridized carbons (Fsp3) is 1.00. The predicted octanol–water partition coefficient (Wildman–Crippen LogP) is 0.512. The van der Waals surface area contributed by atoms with Crippen LogP contribution in [0.4, 0.5) is 3.89 Å². The van der Waals surface area contributed by atoms with Crippen molar-refractivity contribution in [3.05, 3.63) is 0 Å². The summed E-state index contributed by atoms with van der Waals surface area (Å²) in [5.74, 6) is 0. The lowest BCUT2D eigenvalue weighted by atomic mass is 11.8. The molecule has 0 rings (SSSR count). The molecular weight excluding hydrogens is 111 g/mol. The molecule has 0 saturated heterocycles. The quantitative estimate of drug-likeness (QED) is 0.459. The molecule has 0 radical (unpaired) electrons. The molecule has 1 atom stereocenters. The van der Waals surface area contributed by atoms with Crippen LogP contribution in [0, 0.1) is 0 Å². The summed E-state index contributed by atoms with van der Waals surface area (Å²) in [5, 5.41) is 0. The highest BCUT2D eigenvalue weighted by molar-refractivity contribution is 8.23. The summed E-state index contributed by atoms with van der Waals surface area (Å²) in [6.45, 7) is 0. The number of hydrogen-bond donors (Lipinski definition) is 0. The van der Waals surface area contributed by atoms with Crippen LogP contribution in [0.2, 0.25) is 0 Å². The van der Waals surface area contributed by atoms with Gasteiger partial charge in [0.1, 0.15) is 0 Å². The summed E-state index contributed by atoms with van der Waals surface area (Å²) in [7, 11) is -0.507. The normalized spacial score (nSPS) is 14.8. The van der Waals surface area contributed by atoms with Crippen LogP contribution < -0.4 is 0 Å². The fourth-order valence-electron chi connectivity index (χ4n) is 0. The Labute approximate surface area is 37.2 Å². The van der Waals surface area contributed by atoms with Gasteiger partial charge in [0, 0.05) is 11.2 Å². The van der Waals surface area contributed by atoms with Gasteiger partial charge in [-0.15, -0.1) is 3.89 Å². The van der Waals surface area contributed by atoms with Crippen LogP contribution in [0.25, 0.3) is 0 Å². The topological polar surface area (TPSA) is 9.23 Å². The minimum Gasteiger partial charge on any atom is -0.290 e. The molecule has 1 unspecified atom stereocenters. The van der Waals surface area contributed by atoms with E-state index in [9.17, 15) is 3.89 Å². The zero-order chi connectivity index (χ0) is 4.28. The van der Waals surface area contributed by atoms with E-state index >= 15 is 0 Å². The van der Waals surface area contributed by atoms with Crippen molar-refractivity contribution >= 4 is 21.3 Å². The van der Waals surface area contributed by atoms with Gasteiger partial charge in [0.15, 0.2) is 10.1 Å². The van der Waals surface area contributed by atoms with E-state index < -0.39 is 10.1 Å². The van der Waals surface area contributed by atoms with Crippen molar-refractivity contribution in [1.82, 2.24) is 0 Å².